The smallest absolute Gasteiger partial charge is 0.253 e. The SMILES string of the molecule is Cc1cc(C)n(Cc2cccc(C(=O)N(C)C(C)CN)c2)n1. The van der Waals surface area contributed by atoms with Crippen LogP contribution in [-0.2, 0) is 6.54 Å². The molecule has 1 unspecified atom stereocenters. The molecule has 22 heavy (non-hydrogen) atoms. The highest BCUT2D eigenvalue weighted by Crippen LogP contribution is 2.12. The van der Waals surface area contributed by atoms with Gasteiger partial charge in [-0.3, -0.25) is 9.48 Å². The van der Waals surface area contributed by atoms with Gasteiger partial charge in [0.15, 0.2) is 0 Å². The lowest BCUT2D eigenvalue weighted by Crippen LogP contribution is -2.39. The number of benzene rings is 1. The van der Waals surface area contributed by atoms with Crippen molar-refractivity contribution in [1.29, 1.82) is 0 Å². The van der Waals surface area contributed by atoms with Gasteiger partial charge in [-0.25, -0.2) is 0 Å². The average molecular weight is 300 g/mol. The topological polar surface area (TPSA) is 64.2 Å². The molecule has 1 aromatic heterocycles. The molecule has 0 saturated carbocycles. The number of carbonyl (C=O) groups excluding carboxylic acids is 1. The van der Waals surface area contributed by atoms with Gasteiger partial charge in [0.2, 0.25) is 0 Å². The highest BCUT2D eigenvalue weighted by molar-refractivity contribution is 5.94. The summed E-state index contributed by atoms with van der Waals surface area (Å²) in [6.07, 6.45) is 0. The summed E-state index contributed by atoms with van der Waals surface area (Å²) in [5.41, 5.74) is 9.49. The molecule has 0 saturated heterocycles. The first-order valence-electron chi connectivity index (χ1n) is 7.49. The van der Waals surface area contributed by atoms with Crippen LogP contribution >= 0.6 is 0 Å². The number of nitrogens with two attached hydrogens (primary N) is 1. The third kappa shape index (κ3) is 3.54. The van der Waals surface area contributed by atoms with E-state index in [9.17, 15) is 4.79 Å². The summed E-state index contributed by atoms with van der Waals surface area (Å²) in [7, 11) is 1.79. The highest BCUT2D eigenvalue weighted by Gasteiger charge is 2.16. The van der Waals surface area contributed by atoms with Crippen LogP contribution in [0.4, 0.5) is 0 Å². The summed E-state index contributed by atoms with van der Waals surface area (Å²) in [5.74, 6) is -0.00633. The standard InChI is InChI=1S/C17H24N4O/c1-12-8-13(2)21(19-12)11-15-6-5-7-16(9-15)17(22)20(4)14(3)10-18/h5-9,14H,10-11,18H2,1-4H3. The number of likely N-dealkylation sites (N-methyl/N-ethyl adjacent to an activating group) is 1. The Morgan fingerprint density at radius 2 is 2.09 bits per heavy atom. The Hall–Kier alpha value is -2.14. The number of carbonyl (C=O) groups is 1. The number of nitrogens with zero attached hydrogens (tertiary/aromatic N) is 3. The number of aryl methyl sites for hydroxylation is 2. The molecular weight excluding hydrogens is 276 g/mol. The van der Waals surface area contributed by atoms with E-state index in [0.29, 0.717) is 18.7 Å². The van der Waals surface area contributed by atoms with Crippen molar-refractivity contribution in [3.05, 3.63) is 52.8 Å². The molecule has 5 heteroatoms. The van der Waals surface area contributed by atoms with Gasteiger partial charge in [0.05, 0.1) is 12.2 Å². The molecule has 2 rings (SSSR count). The molecule has 0 aliphatic heterocycles. The Morgan fingerprint density at radius 1 is 1.36 bits per heavy atom. The zero-order valence-corrected chi connectivity index (χ0v) is 13.7. The summed E-state index contributed by atoms with van der Waals surface area (Å²) in [6.45, 7) is 7.07. The zero-order valence-electron chi connectivity index (χ0n) is 13.7. The van der Waals surface area contributed by atoms with Crippen LogP contribution in [0.25, 0.3) is 0 Å². The van der Waals surface area contributed by atoms with E-state index < -0.39 is 0 Å². The van der Waals surface area contributed by atoms with Crippen molar-refractivity contribution in [3.63, 3.8) is 0 Å². The van der Waals surface area contributed by atoms with Gasteiger partial charge in [-0.05, 0) is 44.5 Å². The molecule has 0 aliphatic carbocycles. The number of hydrogen-bond acceptors (Lipinski definition) is 3. The fraction of sp³-hybridized carbons (Fsp3) is 0.412. The summed E-state index contributed by atoms with van der Waals surface area (Å²) in [6, 6.07) is 9.76. The summed E-state index contributed by atoms with van der Waals surface area (Å²) >= 11 is 0. The Bertz CT molecular complexity index is 662. The molecule has 1 atom stereocenters. The van der Waals surface area contributed by atoms with Crippen LogP contribution in [-0.4, -0.2) is 40.2 Å². The minimum Gasteiger partial charge on any atom is -0.338 e. The lowest BCUT2D eigenvalue weighted by atomic mass is 10.1. The van der Waals surface area contributed by atoms with E-state index in [-0.39, 0.29) is 11.9 Å². The van der Waals surface area contributed by atoms with Crippen LogP contribution in [0.5, 0.6) is 0 Å². The van der Waals surface area contributed by atoms with E-state index in [0.717, 1.165) is 17.0 Å². The molecule has 2 N–H and O–H groups in total. The normalized spacial score (nSPS) is 12.2. The molecule has 5 nitrogen and oxygen atoms in total. The molecule has 0 spiro atoms. The molecule has 0 aliphatic rings. The van der Waals surface area contributed by atoms with Crippen molar-refractivity contribution in [3.8, 4) is 0 Å². The fourth-order valence-corrected chi connectivity index (χ4v) is 2.37. The van der Waals surface area contributed by atoms with Gasteiger partial charge < -0.3 is 10.6 Å². The van der Waals surface area contributed by atoms with E-state index in [1.807, 2.05) is 55.8 Å². The first kappa shape index (κ1) is 16.2. The molecule has 2 aromatic rings. The predicted octanol–water partition coefficient (Wildman–Crippen LogP) is 1.97. The minimum atomic E-state index is -0.00633. The monoisotopic (exact) mass is 300 g/mol. The maximum Gasteiger partial charge on any atom is 0.253 e. The first-order valence-corrected chi connectivity index (χ1v) is 7.49. The van der Waals surface area contributed by atoms with Crippen LogP contribution in [0.3, 0.4) is 0 Å². The van der Waals surface area contributed by atoms with Crippen molar-refractivity contribution < 1.29 is 4.79 Å². The minimum absolute atomic E-state index is 0.00633. The Morgan fingerprint density at radius 3 is 2.68 bits per heavy atom. The number of hydrogen-bond donors (Lipinski definition) is 1. The molecule has 118 valence electrons. The molecular formula is C17H24N4O. The third-order valence-corrected chi connectivity index (χ3v) is 3.93. The van der Waals surface area contributed by atoms with Gasteiger partial charge in [0.1, 0.15) is 0 Å². The summed E-state index contributed by atoms with van der Waals surface area (Å²) in [4.78, 5) is 14.2. The third-order valence-electron chi connectivity index (χ3n) is 3.93. The number of rotatable bonds is 5. The lowest BCUT2D eigenvalue weighted by Gasteiger charge is -2.23. The fourth-order valence-electron chi connectivity index (χ4n) is 2.37. The van der Waals surface area contributed by atoms with Crippen molar-refractivity contribution in [1.82, 2.24) is 14.7 Å². The Labute approximate surface area is 131 Å². The molecule has 1 aromatic carbocycles. The van der Waals surface area contributed by atoms with Crippen molar-refractivity contribution >= 4 is 5.91 Å². The molecule has 0 radical (unpaired) electrons. The van der Waals surface area contributed by atoms with Gasteiger partial charge in [-0.2, -0.15) is 5.10 Å². The predicted molar refractivity (Wildman–Crippen MR) is 87.9 cm³/mol. The number of aromatic nitrogens is 2. The van der Waals surface area contributed by atoms with Crippen molar-refractivity contribution in [2.24, 2.45) is 5.73 Å². The number of amides is 1. The summed E-state index contributed by atoms with van der Waals surface area (Å²) < 4.78 is 1.95. The second-order valence-electron chi connectivity index (χ2n) is 5.79. The molecule has 1 amide bonds. The Balaban J connectivity index is 2.19. The molecule has 1 heterocycles. The van der Waals surface area contributed by atoms with E-state index in [4.69, 9.17) is 5.73 Å². The van der Waals surface area contributed by atoms with E-state index in [1.54, 1.807) is 11.9 Å². The largest absolute Gasteiger partial charge is 0.338 e. The average Bonchev–Trinajstić information content (AvgIpc) is 2.82. The van der Waals surface area contributed by atoms with Crippen molar-refractivity contribution in [2.45, 2.75) is 33.4 Å². The van der Waals surface area contributed by atoms with Gasteiger partial charge in [0, 0.05) is 30.9 Å². The van der Waals surface area contributed by atoms with Gasteiger partial charge >= 0.3 is 0 Å². The van der Waals surface area contributed by atoms with E-state index in [1.165, 1.54) is 0 Å². The maximum atomic E-state index is 12.5. The zero-order chi connectivity index (χ0) is 16.3. The van der Waals surface area contributed by atoms with Crippen LogP contribution in [0.1, 0.15) is 34.2 Å². The van der Waals surface area contributed by atoms with E-state index in [2.05, 4.69) is 5.10 Å². The quantitative estimate of drug-likeness (QED) is 0.918. The van der Waals surface area contributed by atoms with Crippen LogP contribution < -0.4 is 5.73 Å². The van der Waals surface area contributed by atoms with E-state index >= 15 is 0 Å². The second kappa shape index (κ2) is 6.75. The Kier molecular flexibility index (Phi) is 4.98. The summed E-state index contributed by atoms with van der Waals surface area (Å²) in [5, 5.41) is 4.46. The van der Waals surface area contributed by atoms with Gasteiger partial charge in [-0.15, -0.1) is 0 Å². The lowest BCUT2D eigenvalue weighted by molar-refractivity contribution is 0.0748. The van der Waals surface area contributed by atoms with Gasteiger partial charge in [-0.1, -0.05) is 12.1 Å². The van der Waals surface area contributed by atoms with Crippen LogP contribution in [0.2, 0.25) is 0 Å². The first-order chi connectivity index (χ1) is 10.4. The molecule has 0 bridgehead atoms. The second-order valence-corrected chi connectivity index (χ2v) is 5.79. The van der Waals surface area contributed by atoms with Crippen molar-refractivity contribution in [2.75, 3.05) is 13.6 Å². The molecule has 0 fully saturated rings. The highest BCUT2D eigenvalue weighted by atomic mass is 16.2. The van der Waals surface area contributed by atoms with Crippen LogP contribution in [0, 0.1) is 13.8 Å². The van der Waals surface area contributed by atoms with Gasteiger partial charge in [0.25, 0.3) is 5.91 Å². The van der Waals surface area contributed by atoms with Crippen LogP contribution in [0.15, 0.2) is 30.3 Å². The maximum absolute atomic E-state index is 12.5.